The summed E-state index contributed by atoms with van der Waals surface area (Å²) in [5.41, 5.74) is 7.14. The van der Waals surface area contributed by atoms with Gasteiger partial charge >= 0.3 is 5.97 Å². The molecule has 2 rings (SSSR count). The van der Waals surface area contributed by atoms with Crippen LogP contribution in [0.1, 0.15) is 18.1 Å². The quantitative estimate of drug-likeness (QED) is 0.174. The Morgan fingerprint density at radius 1 is 0.833 bits per heavy atom. The number of carbonyl (C=O) groups excluding carboxylic acids is 3. The van der Waals surface area contributed by atoms with Crippen LogP contribution in [0.25, 0.3) is 0 Å². The van der Waals surface area contributed by atoms with Crippen LogP contribution in [-0.2, 0) is 32.0 Å². The number of hydrogen-bond donors (Lipinski definition) is 8. The standard InChI is InChI=1S/C24H30N4O8/c1-13(29)21(24(35)36)28-23(34)19(11-15-4-8-17(31)9-5-15)27-20(32)12-26-22(33)18(25)10-14-2-6-16(30)7-3-14/h2-9,13,18-19,21,29-31H,10-12,25H2,1H3,(H,26,33)(H,27,32)(H,28,34)(H,35,36). The molecule has 0 radical (unpaired) electrons. The van der Waals surface area contributed by atoms with Crippen LogP contribution >= 0.6 is 0 Å². The number of aliphatic hydroxyl groups excluding tert-OH is 1. The zero-order valence-corrected chi connectivity index (χ0v) is 19.5. The number of aromatic hydroxyl groups is 2. The fourth-order valence-corrected chi connectivity index (χ4v) is 3.24. The van der Waals surface area contributed by atoms with Gasteiger partial charge in [-0.1, -0.05) is 24.3 Å². The second-order valence-electron chi connectivity index (χ2n) is 8.25. The summed E-state index contributed by atoms with van der Waals surface area (Å²) in [5, 5.41) is 44.7. The number of rotatable bonds is 12. The van der Waals surface area contributed by atoms with Crippen molar-refractivity contribution in [2.24, 2.45) is 5.73 Å². The topological polar surface area (TPSA) is 211 Å². The van der Waals surface area contributed by atoms with Gasteiger partial charge in [-0.2, -0.15) is 0 Å². The van der Waals surface area contributed by atoms with E-state index in [1.165, 1.54) is 43.3 Å². The first kappa shape index (κ1) is 28.1. The Morgan fingerprint density at radius 3 is 1.81 bits per heavy atom. The van der Waals surface area contributed by atoms with Gasteiger partial charge in [-0.25, -0.2) is 4.79 Å². The highest BCUT2D eigenvalue weighted by Crippen LogP contribution is 2.12. The summed E-state index contributed by atoms with van der Waals surface area (Å²) in [6.45, 7) is 0.698. The van der Waals surface area contributed by atoms with Gasteiger partial charge in [0.2, 0.25) is 17.7 Å². The molecule has 3 amide bonds. The molecule has 12 heteroatoms. The van der Waals surface area contributed by atoms with Gasteiger partial charge < -0.3 is 42.1 Å². The van der Waals surface area contributed by atoms with Gasteiger partial charge in [-0.05, 0) is 48.7 Å². The van der Waals surface area contributed by atoms with Crippen molar-refractivity contribution in [1.82, 2.24) is 16.0 Å². The molecule has 0 fully saturated rings. The molecule has 0 saturated heterocycles. The Balaban J connectivity index is 2.01. The first-order valence-corrected chi connectivity index (χ1v) is 11.1. The molecule has 0 aliphatic rings. The molecular formula is C24H30N4O8. The second-order valence-corrected chi connectivity index (χ2v) is 8.25. The fourth-order valence-electron chi connectivity index (χ4n) is 3.24. The number of phenols is 2. The Labute approximate surface area is 207 Å². The number of benzene rings is 2. The lowest BCUT2D eigenvalue weighted by Crippen LogP contribution is -2.56. The number of phenolic OH excluding ortho intramolecular Hbond substituents is 2. The lowest BCUT2D eigenvalue weighted by atomic mass is 10.0. The van der Waals surface area contributed by atoms with E-state index in [0.29, 0.717) is 11.1 Å². The lowest BCUT2D eigenvalue weighted by molar-refractivity contribution is -0.145. The molecule has 4 unspecified atom stereocenters. The van der Waals surface area contributed by atoms with Crippen LogP contribution in [0.5, 0.6) is 11.5 Å². The van der Waals surface area contributed by atoms with Crippen molar-refractivity contribution in [2.45, 2.75) is 44.0 Å². The molecule has 4 atom stereocenters. The summed E-state index contributed by atoms with van der Waals surface area (Å²) < 4.78 is 0. The summed E-state index contributed by atoms with van der Waals surface area (Å²) >= 11 is 0. The van der Waals surface area contributed by atoms with Gasteiger partial charge in [-0.15, -0.1) is 0 Å². The van der Waals surface area contributed by atoms with E-state index in [2.05, 4.69) is 16.0 Å². The highest BCUT2D eigenvalue weighted by Gasteiger charge is 2.29. The molecule has 0 spiro atoms. The van der Waals surface area contributed by atoms with E-state index in [1.807, 2.05) is 0 Å². The van der Waals surface area contributed by atoms with Crippen molar-refractivity contribution in [3.05, 3.63) is 59.7 Å². The van der Waals surface area contributed by atoms with Gasteiger partial charge in [-0.3, -0.25) is 14.4 Å². The van der Waals surface area contributed by atoms with Crippen LogP contribution in [0.2, 0.25) is 0 Å². The maximum Gasteiger partial charge on any atom is 0.328 e. The highest BCUT2D eigenvalue weighted by atomic mass is 16.4. The van der Waals surface area contributed by atoms with E-state index < -0.39 is 54.5 Å². The minimum absolute atomic E-state index is 0.00445. The number of aliphatic carboxylic acids is 1. The minimum Gasteiger partial charge on any atom is -0.508 e. The zero-order chi connectivity index (χ0) is 26.8. The number of carbonyl (C=O) groups is 4. The van der Waals surface area contributed by atoms with Crippen LogP contribution < -0.4 is 21.7 Å². The van der Waals surface area contributed by atoms with E-state index in [-0.39, 0.29) is 24.3 Å². The molecule has 0 heterocycles. The van der Waals surface area contributed by atoms with Crippen molar-refractivity contribution in [2.75, 3.05) is 6.54 Å². The Kier molecular flexibility index (Phi) is 10.2. The smallest absolute Gasteiger partial charge is 0.328 e. The number of hydrogen-bond acceptors (Lipinski definition) is 8. The molecule has 36 heavy (non-hydrogen) atoms. The number of aliphatic hydroxyl groups is 1. The molecule has 0 aliphatic carbocycles. The van der Waals surface area contributed by atoms with Gasteiger partial charge in [0.15, 0.2) is 6.04 Å². The van der Waals surface area contributed by atoms with E-state index in [9.17, 15) is 39.6 Å². The Hall–Kier alpha value is -4.16. The second kappa shape index (κ2) is 13.1. The maximum atomic E-state index is 12.8. The van der Waals surface area contributed by atoms with Crippen molar-refractivity contribution < 1.29 is 39.6 Å². The third kappa shape index (κ3) is 8.89. The number of carboxylic acid groups (broad SMARTS) is 1. The van der Waals surface area contributed by atoms with E-state index in [4.69, 9.17) is 5.73 Å². The Morgan fingerprint density at radius 2 is 1.33 bits per heavy atom. The van der Waals surface area contributed by atoms with E-state index >= 15 is 0 Å². The molecule has 0 saturated carbocycles. The normalized spacial score (nSPS) is 14.1. The molecule has 194 valence electrons. The number of nitrogens with one attached hydrogen (secondary N) is 3. The van der Waals surface area contributed by atoms with Crippen molar-refractivity contribution >= 4 is 23.7 Å². The molecule has 2 aromatic rings. The van der Waals surface area contributed by atoms with Crippen molar-refractivity contribution in [3.8, 4) is 11.5 Å². The first-order valence-electron chi connectivity index (χ1n) is 11.1. The molecule has 9 N–H and O–H groups in total. The molecule has 12 nitrogen and oxygen atoms in total. The lowest BCUT2D eigenvalue weighted by Gasteiger charge is -2.23. The summed E-state index contributed by atoms with van der Waals surface area (Å²) in [6, 6.07) is 8.14. The largest absolute Gasteiger partial charge is 0.508 e. The zero-order valence-electron chi connectivity index (χ0n) is 19.5. The van der Waals surface area contributed by atoms with Crippen LogP contribution in [0.3, 0.4) is 0 Å². The number of carboxylic acids is 1. The van der Waals surface area contributed by atoms with Crippen molar-refractivity contribution in [1.29, 1.82) is 0 Å². The first-order chi connectivity index (χ1) is 17.0. The molecule has 2 aromatic carbocycles. The third-order valence-electron chi connectivity index (χ3n) is 5.23. The third-order valence-corrected chi connectivity index (χ3v) is 5.23. The minimum atomic E-state index is -1.60. The average molecular weight is 503 g/mol. The maximum absolute atomic E-state index is 12.8. The molecule has 0 aromatic heterocycles. The van der Waals surface area contributed by atoms with Gasteiger partial charge in [0.25, 0.3) is 0 Å². The average Bonchev–Trinajstić information content (AvgIpc) is 2.82. The van der Waals surface area contributed by atoms with E-state index in [1.54, 1.807) is 12.1 Å². The Bertz CT molecular complexity index is 1060. The van der Waals surface area contributed by atoms with Gasteiger partial charge in [0, 0.05) is 6.42 Å². The summed E-state index contributed by atoms with van der Waals surface area (Å²) in [5.74, 6) is -3.60. The van der Waals surface area contributed by atoms with Gasteiger partial charge in [0.05, 0.1) is 18.7 Å². The number of amides is 3. The summed E-state index contributed by atoms with van der Waals surface area (Å²) in [6.07, 6.45) is -1.29. The molecule has 0 bridgehead atoms. The van der Waals surface area contributed by atoms with Crippen LogP contribution in [0.15, 0.2) is 48.5 Å². The predicted molar refractivity (Wildman–Crippen MR) is 128 cm³/mol. The molecule has 0 aliphatic heterocycles. The predicted octanol–water partition coefficient (Wildman–Crippen LogP) is -1.24. The molecular weight excluding hydrogens is 472 g/mol. The van der Waals surface area contributed by atoms with Crippen LogP contribution in [0, 0.1) is 0 Å². The van der Waals surface area contributed by atoms with Crippen LogP contribution in [-0.4, -0.2) is 74.9 Å². The van der Waals surface area contributed by atoms with Crippen LogP contribution in [0.4, 0.5) is 0 Å². The summed E-state index contributed by atoms with van der Waals surface area (Å²) in [7, 11) is 0. The van der Waals surface area contributed by atoms with E-state index in [0.717, 1.165) is 0 Å². The highest BCUT2D eigenvalue weighted by molar-refractivity contribution is 5.92. The van der Waals surface area contributed by atoms with Gasteiger partial charge in [0.1, 0.15) is 17.5 Å². The SMILES string of the molecule is CC(O)C(NC(=O)C(Cc1ccc(O)cc1)NC(=O)CNC(=O)C(N)Cc1ccc(O)cc1)C(=O)O. The number of nitrogens with two attached hydrogens (primary N) is 1. The fraction of sp³-hybridized carbons (Fsp3) is 0.333. The summed E-state index contributed by atoms with van der Waals surface area (Å²) in [4.78, 5) is 48.9. The van der Waals surface area contributed by atoms with Crippen molar-refractivity contribution in [3.63, 3.8) is 0 Å². The monoisotopic (exact) mass is 502 g/mol.